The van der Waals surface area contributed by atoms with Gasteiger partial charge in [-0.15, -0.1) is 0 Å². The van der Waals surface area contributed by atoms with Gasteiger partial charge in [0.1, 0.15) is 17.1 Å². The molecule has 1 atom stereocenters. The second kappa shape index (κ2) is 12.5. The summed E-state index contributed by atoms with van der Waals surface area (Å²) in [4.78, 5) is 49.1. The maximum atomic E-state index is 15.5. The number of anilines is 1. The molecule has 0 unspecified atom stereocenters. The predicted octanol–water partition coefficient (Wildman–Crippen LogP) is 3.76. The van der Waals surface area contributed by atoms with E-state index in [-0.39, 0.29) is 34.8 Å². The fourth-order valence-electron chi connectivity index (χ4n) is 5.35. The molecule has 1 aliphatic rings. The van der Waals surface area contributed by atoms with Crippen molar-refractivity contribution in [3.05, 3.63) is 103 Å². The highest BCUT2D eigenvalue weighted by Gasteiger charge is 2.23. The summed E-state index contributed by atoms with van der Waals surface area (Å²) in [5.41, 5.74) is 2.69. The lowest BCUT2D eigenvalue weighted by Crippen LogP contribution is -2.40. The highest BCUT2D eigenvalue weighted by Crippen LogP contribution is 2.39. The molecule has 4 aromatic rings. The normalized spacial score (nSPS) is 14.4. The highest BCUT2D eigenvalue weighted by atomic mass is 35.5. The molecule has 5 rings (SSSR count). The Balaban J connectivity index is 1.46. The zero-order valence-corrected chi connectivity index (χ0v) is 25.3. The second-order valence-corrected chi connectivity index (χ2v) is 11.0. The van der Waals surface area contributed by atoms with Crippen LogP contribution in [-0.4, -0.2) is 40.6 Å². The number of nitrogens with one attached hydrogen (secondary N) is 3. The molecule has 0 spiro atoms. The molecule has 2 amide bonds. The van der Waals surface area contributed by atoms with E-state index in [1.807, 2.05) is 25.1 Å². The Morgan fingerprint density at radius 3 is 2.50 bits per heavy atom. The van der Waals surface area contributed by atoms with Crippen molar-refractivity contribution in [2.45, 2.75) is 25.9 Å². The van der Waals surface area contributed by atoms with Crippen molar-refractivity contribution < 1.29 is 18.7 Å². The zero-order valence-electron chi connectivity index (χ0n) is 24.6. The Kier molecular flexibility index (Phi) is 8.70. The van der Waals surface area contributed by atoms with Gasteiger partial charge in [-0.2, -0.15) is 0 Å². The van der Waals surface area contributed by atoms with E-state index in [1.54, 1.807) is 24.3 Å². The molecule has 0 bridgehead atoms. The van der Waals surface area contributed by atoms with Crippen molar-refractivity contribution in [3.63, 3.8) is 0 Å². The van der Waals surface area contributed by atoms with Crippen molar-refractivity contribution >= 4 is 29.1 Å². The average molecular weight is 620 g/mol. The minimum atomic E-state index is -0.725. The van der Waals surface area contributed by atoms with Crippen molar-refractivity contribution in [3.8, 4) is 28.0 Å². The number of amides is 2. The Hall–Kier alpha value is -4.74. The lowest BCUT2D eigenvalue weighted by atomic mass is 9.91. The number of ether oxygens (including phenoxy) is 1. The molecule has 10 nitrogen and oxygen atoms in total. The number of benzene rings is 3. The molecule has 0 saturated carbocycles. The van der Waals surface area contributed by atoms with Gasteiger partial charge in [-0.05, 0) is 47.4 Å². The second-order valence-electron chi connectivity index (χ2n) is 10.6. The molecule has 2 heterocycles. The van der Waals surface area contributed by atoms with Gasteiger partial charge in [0.05, 0.1) is 17.8 Å². The van der Waals surface area contributed by atoms with Crippen LogP contribution < -0.4 is 31.9 Å². The largest absolute Gasteiger partial charge is 0.496 e. The molecule has 228 valence electrons. The Morgan fingerprint density at radius 1 is 1.09 bits per heavy atom. The van der Waals surface area contributed by atoms with E-state index in [2.05, 4.69) is 16.0 Å². The number of aromatic nitrogens is 2. The zero-order chi connectivity index (χ0) is 31.7. The molecule has 1 aromatic heterocycles. The topological polar surface area (TPSA) is 123 Å². The molecule has 3 N–H and O–H groups in total. The van der Waals surface area contributed by atoms with E-state index >= 15 is 4.39 Å². The van der Waals surface area contributed by atoms with Crippen LogP contribution in [0.25, 0.3) is 22.3 Å². The van der Waals surface area contributed by atoms with Crippen molar-refractivity contribution in [2.24, 2.45) is 14.1 Å². The number of aryl methyl sites for hydroxylation is 1. The third kappa shape index (κ3) is 5.88. The SMILES string of the molecule is COc1cc(-c2cccc(-c3cccc(NC(=O)c4cn(C)c(=O)n(C)c4=O)c3Cl)c2C)cc(F)c1CN[C@@H]1CNC(=O)C1. The van der Waals surface area contributed by atoms with Crippen LogP contribution in [0.15, 0.2) is 64.3 Å². The van der Waals surface area contributed by atoms with Gasteiger partial charge in [-0.3, -0.25) is 19.0 Å². The van der Waals surface area contributed by atoms with Gasteiger partial charge >= 0.3 is 5.69 Å². The molecule has 1 saturated heterocycles. The number of hydrogen-bond acceptors (Lipinski definition) is 6. The summed E-state index contributed by atoms with van der Waals surface area (Å²) in [6, 6.07) is 13.9. The number of carbonyl (C=O) groups is 2. The summed E-state index contributed by atoms with van der Waals surface area (Å²) in [5.74, 6) is -0.814. The van der Waals surface area contributed by atoms with Gasteiger partial charge in [0, 0.05) is 57.0 Å². The summed E-state index contributed by atoms with van der Waals surface area (Å²) >= 11 is 6.80. The van der Waals surface area contributed by atoms with Gasteiger partial charge in [0.25, 0.3) is 11.5 Å². The Bertz CT molecular complexity index is 1920. The van der Waals surface area contributed by atoms with E-state index in [9.17, 15) is 19.2 Å². The lowest BCUT2D eigenvalue weighted by Gasteiger charge is -2.18. The van der Waals surface area contributed by atoms with Crippen molar-refractivity contribution in [2.75, 3.05) is 19.0 Å². The van der Waals surface area contributed by atoms with E-state index in [4.69, 9.17) is 16.3 Å². The molecular weight excluding hydrogens is 589 g/mol. The Morgan fingerprint density at radius 2 is 1.80 bits per heavy atom. The molecule has 0 aliphatic carbocycles. The van der Waals surface area contributed by atoms with Gasteiger partial charge < -0.3 is 25.3 Å². The minimum Gasteiger partial charge on any atom is -0.496 e. The molecule has 1 aliphatic heterocycles. The van der Waals surface area contributed by atoms with Crippen LogP contribution in [0.3, 0.4) is 0 Å². The quantitative estimate of drug-likeness (QED) is 0.276. The number of nitrogens with zero attached hydrogens (tertiary/aromatic N) is 2. The number of hydrogen-bond donors (Lipinski definition) is 3. The number of carbonyl (C=O) groups excluding carboxylic acids is 2. The smallest absolute Gasteiger partial charge is 0.330 e. The van der Waals surface area contributed by atoms with E-state index < -0.39 is 23.0 Å². The summed E-state index contributed by atoms with van der Waals surface area (Å²) in [7, 11) is 4.23. The predicted molar refractivity (Wildman–Crippen MR) is 167 cm³/mol. The summed E-state index contributed by atoms with van der Waals surface area (Å²) in [6.45, 7) is 2.59. The van der Waals surface area contributed by atoms with Crippen LogP contribution in [0.4, 0.5) is 10.1 Å². The fourth-order valence-corrected chi connectivity index (χ4v) is 5.62. The van der Waals surface area contributed by atoms with Crippen LogP contribution in [0.2, 0.25) is 5.02 Å². The first-order valence-corrected chi connectivity index (χ1v) is 14.2. The van der Waals surface area contributed by atoms with Crippen LogP contribution >= 0.6 is 11.6 Å². The van der Waals surface area contributed by atoms with Crippen LogP contribution in [0.1, 0.15) is 27.9 Å². The van der Waals surface area contributed by atoms with Gasteiger partial charge in [0.2, 0.25) is 5.91 Å². The van der Waals surface area contributed by atoms with Crippen molar-refractivity contribution in [1.29, 1.82) is 0 Å². The van der Waals surface area contributed by atoms with Crippen LogP contribution in [0.5, 0.6) is 5.75 Å². The number of halogens is 2. The maximum absolute atomic E-state index is 15.5. The molecule has 0 radical (unpaired) electrons. The molecular formula is C32H31ClFN5O5. The average Bonchev–Trinajstić information content (AvgIpc) is 3.43. The first kappa shape index (κ1) is 30.7. The third-order valence-corrected chi connectivity index (χ3v) is 8.20. The molecule has 3 aromatic carbocycles. The summed E-state index contributed by atoms with van der Waals surface area (Å²) < 4.78 is 23.0. The van der Waals surface area contributed by atoms with E-state index in [0.717, 1.165) is 25.8 Å². The summed E-state index contributed by atoms with van der Waals surface area (Å²) in [6.07, 6.45) is 1.53. The van der Waals surface area contributed by atoms with Gasteiger partial charge in [-0.25, -0.2) is 9.18 Å². The number of methoxy groups -OCH3 is 1. The third-order valence-electron chi connectivity index (χ3n) is 7.79. The standard InChI is InChI=1S/C32H31ClFN5O5/c1-17-20(18-11-25(34)23(27(12-18)44-4)15-35-19-13-28(40)36-14-19)7-5-8-21(17)22-9-6-10-26(29(22)33)37-30(41)24-16-38(2)32(43)39(3)31(24)42/h5-12,16,19,35H,13-15H2,1-4H3,(H,36,40)(H,37,41)/t19-/m0/s1. The summed E-state index contributed by atoms with van der Waals surface area (Å²) in [5, 5.41) is 8.90. The van der Waals surface area contributed by atoms with Gasteiger partial charge in [-0.1, -0.05) is 41.9 Å². The maximum Gasteiger partial charge on any atom is 0.330 e. The van der Waals surface area contributed by atoms with Crippen molar-refractivity contribution in [1.82, 2.24) is 19.8 Å². The molecule has 12 heteroatoms. The first-order chi connectivity index (χ1) is 21.0. The van der Waals surface area contributed by atoms with Crippen LogP contribution in [0, 0.1) is 12.7 Å². The van der Waals surface area contributed by atoms with E-state index in [0.29, 0.717) is 35.4 Å². The highest BCUT2D eigenvalue weighted by molar-refractivity contribution is 6.36. The molecule has 1 fully saturated rings. The monoisotopic (exact) mass is 619 g/mol. The molecule has 44 heavy (non-hydrogen) atoms. The first-order valence-electron chi connectivity index (χ1n) is 13.8. The lowest BCUT2D eigenvalue weighted by molar-refractivity contribution is -0.119. The van der Waals surface area contributed by atoms with Crippen LogP contribution in [-0.2, 0) is 25.4 Å². The van der Waals surface area contributed by atoms with E-state index in [1.165, 1.54) is 33.5 Å². The van der Waals surface area contributed by atoms with Gasteiger partial charge in [0.15, 0.2) is 0 Å². The fraction of sp³-hybridized carbons (Fsp3) is 0.250. The number of rotatable bonds is 8. The Labute approximate surface area is 257 Å². The minimum absolute atomic E-state index is 0.0382.